The first-order valence-corrected chi connectivity index (χ1v) is 13.7. The van der Waals surface area contributed by atoms with Crippen molar-refractivity contribution < 1.29 is 27.9 Å². The number of halogens is 3. The zero-order valence-corrected chi connectivity index (χ0v) is 22.4. The molecular weight excluding hydrogens is 535 g/mol. The van der Waals surface area contributed by atoms with Crippen LogP contribution in [-0.4, -0.2) is 63.5 Å². The molecule has 2 aromatic carbocycles. The smallest absolute Gasteiger partial charge is 0.385 e. The van der Waals surface area contributed by atoms with E-state index in [1.165, 1.54) is 6.07 Å². The molecule has 1 aliphatic heterocycles. The molecule has 1 unspecified atom stereocenters. The second kappa shape index (κ2) is 12.0. The zero-order chi connectivity index (χ0) is 29.0. The Morgan fingerprint density at radius 2 is 1.71 bits per heavy atom. The molecule has 3 aromatic rings. The van der Waals surface area contributed by atoms with Crippen LogP contribution in [0.15, 0.2) is 67.0 Å². The van der Waals surface area contributed by atoms with Crippen LogP contribution in [0, 0.1) is 0 Å². The van der Waals surface area contributed by atoms with Gasteiger partial charge in [-0.2, -0.15) is 13.2 Å². The summed E-state index contributed by atoms with van der Waals surface area (Å²) in [6.07, 6.45) is 2.52. The predicted octanol–water partition coefficient (Wildman–Crippen LogP) is 3.91. The number of nitrogens with one attached hydrogen (secondary N) is 2. The maximum Gasteiger partial charge on any atom is 0.416 e. The van der Waals surface area contributed by atoms with Gasteiger partial charge < -0.3 is 15.7 Å². The number of hydrogen-bond acceptors (Lipinski definition) is 6. The largest absolute Gasteiger partial charge is 0.416 e. The molecule has 1 saturated carbocycles. The predicted molar refractivity (Wildman–Crippen MR) is 146 cm³/mol. The molecule has 1 saturated heterocycles. The van der Waals surface area contributed by atoms with Gasteiger partial charge in [-0.05, 0) is 61.9 Å². The Morgan fingerprint density at radius 3 is 2.39 bits per heavy atom. The van der Waals surface area contributed by atoms with E-state index in [1.54, 1.807) is 18.5 Å². The number of rotatable bonds is 7. The van der Waals surface area contributed by atoms with Crippen LogP contribution in [0.1, 0.15) is 53.6 Å². The van der Waals surface area contributed by atoms with Crippen molar-refractivity contribution in [3.8, 4) is 11.4 Å². The maximum atomic E-state index is 12.9. The van der Waals surface area contributed by atoms with Gasteiger partial charge in [0.1, 0.15) is 0 Å². The molecule has 0 bridgehead atoms. The molecule has 0 spiro atoms. The fraction of sp³-hybridized carbons (Fsp3) is 0.400. The molecule has 1 atom stereocenters. The van der Waals surface area contributed by atoms with Crippen LogP contribution in [-0.2, 0) is 16.6 Å². The van der Waals surface area contributed by atoms with Gasteiger partial charge in [0.2, 0.25) is 5.91 Å². The van der Waals surface area contributed by atoms with Crippen molar-refractivity contribution >= 4 is 11.8 Å². The van der Waals surface area contributed by atoms with Crippen LogP contribution in [0.5, 0.6) is 0 Å². The highest BCUT2D eigenvalue weighted by molar-refractivity contribution is 5.96. The molecular formula is C30H32F3N5O3. The fourth-order valence-electron chi connectivity index (χ4n) is 5.73. The number of nitrogens with zero attached hydrogens (tertiary/aromatic N) is 3. The van der Waals surface area contributed by atoms with Crippen molar-refractivity contribution in [1.29, 1.82) is 0 Å². The van der Waals surface area contributed by atoms with E-state index >= 15 is 0 Å². The summed E-state index contributed by atoms with van der Waals surface area (Å²) in [4.78, 5) is 35.6. The lowest BCUT2D eigenvalue weighted by Crippen LogP contribution is -2.45. The maximum absolute atomic E-state index is 12.9. The summed E-state index contributed by atoms with van der Waals surface area (Å²) >= 11 is 0. The Hall–Kier alpha value is -3.83. The van der Waals surface area contributed by atoms with E-state index in [4.69, 9.17) is 0 Å². The summed E-state index contributed by atoms with van der Waals surface area (Å²) in [5.41, 5.74) is -0.185. The number of carbonyl (C=O) groups is 2. The molecule has 1 aliphatic carbocycles. The Balaban J connectivity index is 1.07. The molecule has 216 valence electrons. The number of amides is 2. The summed E-state index contributed by atoms with van der Waals surface area (Å²) in [6, 6.07) is 13.8. The lowest BCUT2D eigenvalue weighted by atomic mass is 9.77. The fourth-order valence-corrected chi connectivity index (χ4v) is 5.73. The first kappa shape index (κ1) is 28.7. The van der Waals surface area contributed by atoms with Crippen LogP contribution >= 0.6 is 0 Å². The third-order valence-corrected chi connectivity index (χ3v) is 7.99. The Bertz CT molecular complexity index is 1360. The highest BCUT2D eigenvalue weighted by Gasteiger charge is 2.38. The molecule has 1 aromatic heterocycles. The molecule has 2 aliphatic rings. The Labute approximate surface area is 236 Å². The number of alkyl halides is 3. The van der Waals surface area contributed by atoms with E-state index in [0.717, 1.165) is 55.1 Å². The SMILES string of the molecule is O=C(CNC(=O)c1cccc(C(F)(F)F)c1)NC1CCN(C2CCC(O)(c3ccc(-c4ncccn4)cc3)CC2)C1. The highest BCUT2D eigenvalue weighted by Crippen LogP contribution is 2.39. The molecule has 41 heavy (non-hydrogen) atoms. The van der Waals surface area contributed by atoms with Gasteiger partial charge in [0, 0.05) is 48.7 Å². The third kappa shape index (κ3) is 6.91. The summed E-state index contributed by atoms with van der Waals surface area (Å²) in [6.45, 7) is 1.16. The van der Waals surface area contributed by atoms with Crippen LogP contribution in [0.4, 0.5) is 13.2 Å². The number of carbonyl (C=O) groups excluding carboxylic acids is 2. The molecule has 2 heterocycles. The van der Waals surface area contributed by atoms with Gasteiger partial charge >= 0.3 is 6.18 Å². The van der Waals surface area contributed by atoms with E-state index in [1.807, 2.05) is 24.3 Å². The lowest BCUT2D eigenvalue weighted by Gasteiger charge is -2.40. The molecule has 5 rings (SSSR count). The van der Waals surface area contributed by atoms with Crippen LogP contribution in [0.2, 0.25) is 0 Å². The van der Waals surface area contributed by atoms with E-state index in [0.29, 0.717) is 31.3 Å². The molecule has 11 heteroatoms. The van der Waals surface area contributed by atoms with Crippen LogP contribution in [0.3, 0.4) is 0 Å². The standard InChI is InChI=1S/C30H32F3N5O3/c31-30(32,33)23-4-1-3-21(17-23)28(40)36-18-26(39)37-24-11-16-38(19-24)25-9-12-29(41,13-10-25)22-7-5-20(6-8-22)27-34-14-2-15-35-27/h1-8,14-15,17,24-25,41H,9-13,16,18-19H2,(H,36,40)(H,37,39). The van der Waals surface area contributed by atoms with Gasteiger partial charge in [-0.15, -0.1) is 0 Å². The first-order valence-electron chi connectivity index (χ1n) is 13.7. The lowest BCUT2D eigenvalue weighted by molar-refractivity contribution is -0.137. The Kier molecular flexibility index (Phi) is 8.37. The first-order chi connectivity index (χ1) is 19.6. The van der Waals surface area contributed by atoms with Gasteiger partial charge in [-0.25, -0.2) is 9.97 Å². The van der Waals surface area contributed by atoms with Gasteiger partial charge in [0.25, 0.3) is 5.91 Å². The molecule has 2 amide bonds. The minimum atomic E-state index is -4.55. The molecule has 8 nitrogen and oxygen atoms in total. The normalized spacial score (nSPS) is 23.2. The monoisotopic (exact) mass is 567 g/mol. The topological polar surface area (TPSA) is 107 Å². The number of aliphatic hydroxyl groups is 1. The zero-order valence-electron chi connectivity index (χ0n) is 22.4. The van der Waals surface area contributed by atoms with Crippen molar-refractivity contribution in [3.63, 3.8) is 0 Å². The summed E-state index contributed by atoms with van der Waals surface area (Å²) < 4.78 is 38.7. The Morgan fingerprint density at radius 1 is 1.00 bits per heavy atom. The highest BCUT2D eigenvalue weighted by atomic mass is 19.4. The molecule has 3 N–H and O–H groups in total. The minimum absolute atomic E-state index is 0.0819. The van der Waals surface area contributed by atoms with Crippen LogP contribution < -0.4 is 10.6 Å². The van der Waals surface area contributed by atoms with Gasteiger partial charge in [-0.1, -0.05) is 30.3 Å². The summed E-state index contributed by atoms with van der Waals surface area (Å²) in [7, 11) is 0. The number of likely N-dealkylation sites (tertiary alicyclic amines) is 1. The number of benzene rings is 2. The van der Waals surface area contributed by atoms with E-state index < -0.39 is 23.2 Å². The quantitative estimate of drug-likeness (QED) is 0.400. The van der Waals surface area contributed by atoms with E-state index in [9.17, 15) is 27.9 Å². The van der Waals surface area contributed by atoms with Crippen LogP contribution in [0.25, 0.3) is 11.4 Å². The van der Waals surface area contributed by atoms with E-state index in [-0.39, 0.29) is 24.1 Å². The second-order valence-corrected chi connectivity index (χ2v) is 10.7. The van der Waals surface area contributed by atoms with Gasteiger partial charge in [0.05, 0.1) is 17.7 Å². The molecule has 0 radical (unpaired) electrons. The van der Waals surface area contributed by atoms with E-state index in [2.05, 4.69) is 25.5 Å². The number of aromatic nitrogens is 2. The average molecular weight is 568 g/mol. The number of hydrogen-bond donors (Lipinski definition) is 3. The minimum Gasteiger partial charge on any atom is -0.385 e. The van der Waals surface area contributed by atoms with Crippen molar-refractivity contribution in [3.05, 3.63) is 83.7 Å². The van der Waals surface area contributed by atoms with Crippen molar-refractivity contribution in [1.82, 2.24) is 25.5 Å². The van der Waals surface area contributed by atoms with Crippen molar-refractivity contribution in [2.75, 3.05) is 19.6 Å². The summed E-state index contributed by atoms with van der Waals surface area (Å²) in [5, 5.41) is 16.7. The van der Waals surface area contributed by atoms with Gasteiger partial charge in [-0.3, -0.25) is 14.5 Å². The average Bonchev–Trinajstić information content (AvgIpc) is 3.44. The third-order valence-electron chi connectivity index (χ3n) is 7.99. The van der Waals surface area contributed by atoms with Crippen molar-refractivity contribution in [2.45, 2.75) is 56.0 Å². The van der Waals surface area contributed by atoms with Crippen molar-refractivity contribution in [2.24, 2.45) is 0 Å². The second-order valence-electron chi connectivity index (χ2n) is 10.7. The van der Waals surface area contributed by atoms with Gasteiger partial charge in [0.15, 0.2) is 5.82 Å². The molecule has 2 fully saturated rings. The summed E-state index contributed by atoms with van der Waals surface area (Å²) in [5.74, 6) is -0.486.